The van der Waals surface area contributed by atoms with Gasteiger partial charge in [-0.05, 0) is 30.3 Å². The highest BCUT2D eigenvalue weighted by molar-refractivity contribution is 6.13. The Hall–Kier alpha value is -3.73. The van der Waals surface area contributed by atoms with Crippen LogP contribution in [0, 0.1) is 0 Å². The number of nitrogens with one attached hydrogen (secondary N) is 1. The van der Waals surface area contributed by atoms with Gasteiger partial charge >= 0.3 is 0 Å². The molecule has 0 radical (unpaired) electrons. The average molecular weight is 343 g/mol. The highest BCUT2D eigenvalue weighted by Crippen LogP contribution is 2.30. The van der Waals surface area contributed by atoms with Gasteiger partial charge < -0.3 is 10.2 Å². The molecule has 5 nitrogen and oxygen atoms in total. The summed E-state index contributed by atoms with van der Waals surface area (Å²) in [6.45, 7) is 0. The Balaban J connectivity index is 1.81. The summed E-state index contributed by atoms with van der Waals surface area (Å²) in [7, 11) is 0. The van der Waals surface area contributed by atoms with Crippen LogP contribution in [0.2, 0.25) is 0 Å². The van der Waals surface area contributed by atoms with Crippen LogP contribution < -0.4 is 10.5 Å². The van der Waals surface area contributed by atoms with Gasteiger partial charge in [-0.15, -0.1) is 0 Å². The van der Waals surface area contributed by atoms with E-state index >= 15 is 0 Å². The minimum absolute atomic E-state index is 0.00827. The molecule has 3 N–H and O–H groups in total. The average Bonchev–Trinajstić information content (AvgIpc) is 2.69. The molecule has 1 heterocycles. The summed E-state index contributed by atoms with van der Waals surface area (Å²) in [5.41, 5.74) is 7.06. The quantitative estimate of drug-likeness (QED) is 0.675. The number of aromatic hydroxyl groups is 2. The second kappa shape index (κ2) is 6.64. The second-order valence-corrected chi connectivity index (χ2v) is 5.87. The van der Waals surface area contributed by atoms with Gasteiger partial charge in [-0.1, -0.05) is 48.5 Å². The number of phenolic OH excluding ortho intramolecular Hbond substituents is 2. The Morgan fingerprint density at radius 2 is 1.50 bits per heavy atom. The summed E-state index contributed by atoms with van der Waals surface area (Å²) in [5, 5.41) is 26.2. The maximum Gasteiger partial charge on any atom is 0.128 e. The van der Waals surface area contributed by atoms with E-state index in [-0.39, 0.29) is 11.5 Å². The van der Waals surface area contributed by atoms with Gasteiger partial charge in [0.2, 0.25) is 0 Å². The summed E-state index contributed by atoms with van der Waals surface area (Å²) in [6.07, 6.45) is 1.88. The van der Waals surface area contributed by atoms with E-state index in [4.69, 9.17) is 0 Å². The van der Waals surface area contributed by atoms with Gasteiger partial charge in [-0.3, -0.25) is 5.43 Å². The van der Waals surface area contributed by atoms with Crippen molar-refractivity contribution in [3.05, 3.63) is 96.1 Å². The van der Waals surface area contributed by atoms with E-state index in [0.717, 1.165) is 17.0 Å². The van der Waals surface area contributed by atoms with Crippen LogP contribution in [0.15, 0.2) is 90.0 Å². The molecule has 4 rings (SSSR count). The summed E-state index contributed by atoms with van der Waals surface area (Å²) in [6, 6.07) is 24.1. The van der Waals surface area contributed by atoms with Gasteiger partial charge in [0, 0.05) is 17.2 Å². The lowest BCUT2D eigenvalue weighted by Gasteiger charge is -2.28. The van der Waals surface area contributed by atoms with Crippen molar-refractivity contribution in [1.29, 1.82) is 0 Å². The van der Waals surface area contributed by atoms with Crippen molar-refractivity contribution in [1.82, 2.24) is 5.43 Å². The molecule has 0 unspecified atom stereocenters. The van der Waals surface area contributed by atoms with E-state index in [1.54, 1.807) is 17.3 Å². The third-order valence-electron chi connectivity index (χ3n) is 4.06. The first kappa shape index (κ1) is 15.8. The monoisotopic (exact) mass is 343 g/mol. The SMILES string of the molecule is Oc1ccc(C2=CC(c3ccccc3)=NN(c3ccccc3)N2)c(O)c1. The largest absolute Gasteiger partial charge is 0.508 e. The Morgan fingerprint density at radius 3 is 2.19 bits per heavy atom. The Bertz CT molecular complexity index is 983. The van der Waals surface area contributed by atoms with Crippen molar-refractivity contribution in [2.24, 2.45) is 5.10 Å². The number of para-hydroxylation sites is 1. The maximum absolute atomic E-state index is 10.3. The fourth-order valence-electron chi connectivity index (χ4n) is 2.77. The summed E-state index contributed by atoms with van der Waals surface area (Å²) in [4.78, 5) is 0. The van der Waals surface area contributed by atoms with Crippen molar-refractivity contribution < 1.29 is 10.2 Å². The number of benzene rings is 3. The van der Waals surface area contributed by atoms with Gasteiger partial charge in [0.1, 0.15) is 11.5 Å². The third-order valence-corrected chi connectivity index (χ3v) is 4.06. The Labute approximate surface area is 151 Å². The molecule has 0 saturated heterocycles. The number of hydrogen-bond donors (Lipinski definition) is 3. The lowest BCUT2D eigenvalue weighted by Crippen LogP contribution is -2.36. The highest BCUT2D eigenvalue weighted by atomic mass is 16.3. The fourth-order valence-corrected chi connectivity index (χ4v) is 2.77. The summed E-state index contributed by atoms with van der Waals surface area (Å²) < 4.78 is 0. The molecule has 0 fully saturated rings. The molecule has 1 aliphatic rings. The molecule has 0 atom stereocenters. The minimum Gasteiger partial charge on any atom is -0.508 e. The van der Waals surface area contributed by atoms with Crippen LogP contribution in [0.3, 0.4) is 0 Å². The van der Waals surface area contributed by atoms with Crippen LogP contribution >= 0.6 is 0 Å². The van der Waals surface area contributed by atoms with Crippen LogP contribution in [0.5, 0.6) is 11.5 Å². The van der Waals surface area contributed by atoms with E-state index < -0.39 is 0 Å². The van der Waals surface area contributed by atoms with E-state index in [1.165, 1.54) is 6.07 Å². The van der Waals surface area contributed by atoms with Gasteiger partial charge in [0.05, 0.1) is 17.1 Å². The van der Waals surface area contributed by atoms with Crippen molar-refractivity contribution in [3.63, 3.8) is 0 Å². The Morgan fingerprint density at radius 1 is 0.808 bits per heavy atom. The standard InChI is InChI=1S/C21H17N3O2/c25-17-11-12-18(21(26)13-17)20-14-19(15-7-3-1-4-8-15)22-24(23-20)16-9-5-2-6-10-16/h1-14,23,25-26H. The highest BCUT2D eigenvalue weighted by Gasteiger charge is 2.19. The molecule has 0 spiro atoms. The number of anilines is 1. The summed E-state index contributed by atoms with van der Waals surface area (Å²) in [5.74, 6) is 0.00518. The molecule has 26 heavy (non-hydrogen) atoms. The van der Waals surface area contributed by atoms with Gasteiger partial charge in [-0.2, -0.15) is 10.2 Å². The molecule has 0 aliphatic carbocycles. The zero-order valence-electron chi connectivity index (χ0n) is 13.9. The second-order valence-electron chi connectivity index (χ2n) is 5.87. The number of hydrazine groups is 1. The van der Waals surface area contributed by atoms with Gasteiger partial charge in [-0.25, -0.2) is 0 Å². The molecular weight excluding hydrogens is 326 g/mol. The first-order valence-corrected chi connectivity index (χ1v) is 8.20. The fraction of sp³-hybridized carbons (Fsp3) is 0. The number of nitrogens with zero attached hydrogens (tertiary/aromatic N) is 2. The Kier molecular flexibility index (Phi) is 4.03. The van der Waals surface area contributed by atoms with Crippen LogP contribution in [-0.2, 0) is 0 Å². The lowest BCUT2D eigenvalue weighted by molar-refractivity contribution is 0.449. The van der Waals surface area contributed by atoms with Gasteiger partial charge in [0.15, 0.2) is 0 Å². The lowest BCUT2D eigenvalue weighted by atomic mass is 10.0. The smallest absolute Gasteiger partial charge is 0.128 e. The molecule has 3 aromatic carbocycles. The van der Waals surface area contributed by atoms with Crippen LogP contribution in [-0.4, -0.2) is 15.9 Å². The molecule has 0 bridgehead atoms. The molecule has 0 aromatic heterocycles. The molecule has 128 valence electrons. The van der Waals surface area contributed by atoms with Crippen LogP contribution in [0.25, 0.3) is 5.70 Å². The zero-order chi connectivity index (χ0) is 17.9. The van der Waals surface area contributed by atoms with E-state index in [9.17, 15) is 10.2 Å². The van der Waals surface area contributed by atoms with E-state index in [0.29, 0.717) is 11.3 Å². The molecule has 1 aliphatic heterocycles. The van der Waals surface area contributed by atoms with E-state index in [2.05, 4.69) is 10.5 Å². The maximum atomic E-state index is 10.3. The number of phenols is 2. The number of allylic oxidation sites excluding steroid dienone is 1. The molecule has 5 heteroatoms. The van der Waals surface area contributed by atoms with E-state index in [1.807, 2.05) is 66.7 Å². The van der Waals surface area contributed by atoms with Gasteiger partial charge in [0.25, 0.3) is 0 Å². The number of rotatable bonds is 3. The minimum atomic E-state index is -0.00827. The first-order chi connectivity index (χ1) is 12.7. The van der Waals surface area contributed by atoms with Crippen LogP contribution in [0.1, 0.15) is 11.1 Å². The topological polar surface area (TPSA) is 68.1 Å². The van der Waals surface area contributed by atoms with Crippen molar-refractivity contribution in [2.45, 2.75) is 0 Å². The predicted octanol–water partition coefficient (Wildman–Crippen LogP) is 3.87. The predicted molar refractivity (Wildman–Crippen MR) is 103 cm³/mol. The molecular formula is C21H17N3O2. The van der Waals surface area contributed by atoms with Crippen molar-refractivity contribution in [2.75, 3.05) is 5.12 Å². The summed E-state index contributed by atoms with van der Waals surface area (Å²) >= 11 is 0. The van der Waals surface area contributed by atoms with Crippen molar-refractivity contribution >= 4 is 17.1 Å². The molecule has 0 saturated carbocycles. The number of hydrazone groups is 1. The van der Waals surface area contributed by atoms with Crippen molar-refractivity contribution in [3.8, 4) is 11.5 Å². The molecule has 0 amide bonds. The zero-order valence-corrected chi connectivity index (χ0v) is 13.9. The van der Waals surface area contributed by atoms with Crippen LogP contribution in [0.4, 0.5) is 5.69 Å². The first-order valence-electron chi connectivity index (χ1n) is 8.20. The normalized spacial score (nSPS) is 13.6. The number of hydrogen-bond acceptors (Lipinski definition) is 5. The third kappa shape index (κ3) is 3.10. The molecule has 3 aromatic rings.